The number of nitrogens with zero attached hydrogens (tertiary/aromatic N) is 2. The number of hydrogen-bond donors (Lipinski definition) is 3. The number of nitrogens with one attached hydrogen (secondary N) is 2. The number of carboxylic acid groups (broad SMARTS) is 1. The molecule has 1 atom stereocenters. The summed E-state index contributed by atoms with van der Waals surface area (Å²) in [6.45, 7) is 19.8. The fraction of sp³-hybridized carbons (Fsp3) is 0.410. The van der Waals surface area contributed by atoms with Crippen molar-refractivity contribution in [3.63, 3.8) is 0 Å². The van der Waals surface area contributed by atoms with Gasteiger partial charge in [-0.2, -0.15) is 0 Å². The summed E-state index contributed by atoms with van der Waals surface area (Å²) in [5.41, 5.74) is 15.9. The minimum absolute atomic E-state index is 0.0377. The number of aliphatic carboxylic acids is 1. The van der Waals surface area contributed by atoms with Gasteiger partial charge in [0, 0.05) is 46.2 Å². The fourth-order valence-electron chi connectivity index (χ4n) is 6.80. The van der Waals surface area contributed by atoms with E-state index >= 15 is 0 Å². The van der Waals surface area contributed by atoms with Crippen LogP contribution in [0, 0.1) is 13.8 Å². The monoisotopic (exact) mass is 620 g/mol. The number of H-pyrrole nitrogens is 2. The van der Waals surface area contributed by atoms with E-state index in [2.05, 4.69) is 76.3 Å². The molecule has 0 spiro atoms. The number of unbranched alkanes of at least 4 members (excludes halogenated alkanes) is 3. The van der Waals surface area contributed by atoms with Gasteiger partial charge >= 0.3 is 5.97 Å². The summed E-state index contributed by atoms with van der Waals surface area (Å²) in [7, 11) is 0. The van der Waals surface area contributed by atoms with Gasteiger partial charge in [-0.05, 0) is 112 Å². The van der Waals surface area contributed by atoms with Gasteiger partial charge in [0.05, 0.1) is 28.9 Å². The molecule has 46 heavy (non-hydrogen) atoms. The standard InChI is InChI=1S/C39H48N4O3/c1-9-12-13-14-17-46-26(8)39-25(7)33-18-30-22(4)28(11-3)35(40-30)21-36-29(15-16-38(44)45)24(6)31(42-36)19-34-27(10-2)23(5)32(41-34)20-37(39)43-33/h10,18-21,26,41,43H,2,9,11-17H2,1,3-8H3,(H,44,45). The maximum atomic E-state index is 11.6. The number of ether oxygens (including phenoxy) is 1. The maximum Gasteiger partial charge on any atom is 0.303 e. The van der Waals surface area contributed by atoms with E-state index in [4.69, 9.17) is 14.7 Å². The molecule has 2 aliphatic heterocycles. The van der Waals surface area contributed by atoms with Gasteiger partial charge in [-0.25, -0.2) is 9.97 Å². The van der Waals surface area contributed by atoms with Crippen LogP contribution in [-0.2, 0) is 9.53 Å². The summed E-state index contributed by atoms with van der Waals surface area (Å²) in [5, 5.41) is 9.51. The van der Waals surface area contributed by atoms with Gasteiger partial charge in [-0.3, -0.25) is 4.79 Å². The molecule has 0 saturated carbocycles. The summed E-state index contributed by atoms with van der Waals surface area (Å²) >= 11 is 0. The molecule has 0 radical (unpaired) electrons. The molecule has 0 amide bonds. The number of aryl methyl sites for hydroxylation is 2. The van der Waals surface area contributed by atoms with Gasteiger partial charge in [-0.15, -0.1) is 0 Å². The van der Waals surface area contributed by atoms with E-state index in [-0.39, 0.29) is 12.5 Å². The maximum absolute atomic E-state index is 11.6. The van der Waals surface area contributed by atoms with E-state index in [0.29, 0.717) is 6.42 Å². The van der Waals surface area contributed by atoms with Crippen LogP contribution in [0.25, 0.3) is 50.4 Å². The SMILES string of the molecule is C=Cc1c(C)c2cc3[nH]c(cc4nc(cc5nc(cc1[nH]2)C(C)=C5CCC(=O)O)C(CC)=C4C)c(C)c3C(C)OCCCCCC. The van der Waals surface area contributed by atoms with Gasteiger partial charge in [0.1, 0.15) is 0 Å². The van der Waals surface area contributed by atoms with Crippen LogP contribution in [0.3, 0.4) is 0 Å². The largest absolute Gasteiger partial charge is 0.481 e. The van der Waals surface area contributed by atoms with Gasteiger partial charge in [-0.1, -0.05) is 45.8 Å². The van der Waals surface area contributed by atoms with Crippen LogP contribution in [0.15, 0.2) is 30.8 Å². The smallest absolute Gasteiger partial charge is 0.303 e. The lowest BCUT2D eigenvalue weighted by atomic mass is 9.99. The molecule has 3 aromatic heterocycles. The zero-order chi connectivity index (χ0) is 33.1. The van der Waals surface area contributed by atoms with Gasteiger partial charge in [0.15, 0.2) is 0 Å². The first-order chi connectivity index (χ1) is 22.1. The van der Waals surface area contributed by atoms with Crippen LogP contribution < -0.4 is 0 Å². The van der Waals surface area contributed by atoms with E-state index in [1.807, 2.05) is 19.1 Å². The molecule has 5 heterocycles. The Morgan fingerprint density at radius 3 is 2.13 bits per heavy atom. The average Bonchev–Trinajstić information content (AvgIpc) is 3.68. The number of carboxylic acids is 1. The molecule has 242 valence electrons. The average molecular weight is 621 g/mol. The molecule has 7 heteroatoms. The Labute approximate surface area is 272 Å². The normalized spacial score (nSPS) is 13.9. The molecule has 3 N–H and O–H groups in total. The molecule has 0 aliphatic carbocycles. The summed E-state index contributed by atoms with van der Waals surface area (Å²) in [4.78, 5) is 29.2. The highest BCUT2D eigenvalue weighted by molar-refractivity contribution is 5.96. The van der Waals surface area contributed by atoms with Gasteiger partial charge < -0.3 is 19.8 Å². The van der Waals surface area contributed by atoms with Crippen LogP contribution in [0.1, 0.15) is 131 Å². The highest BCUT2D eigenvalue weighted by Crippen LogP contribution is 2.38. The molecule has 2 aliphatic rings. The molecule has 0 saturated heterocycles. The molecule has 1 unspecified atom stereocenters. The Morgan fingerprint density at radius 1 is 0.848 bits per heavy atom. The molecule has 3 aromatic rings. The Morgan fingerprint density at radius 2 is 1.48 bits per heavy atom. The number of allylic oxidation sites excluding steroid dienone is 4. The number of carbonyl (C=O) groups is 1. The summed E-state index contributed by atoms with van der Waals surface area (Å²) in [6.07, 6.45) is 7.73. The number of hydrogen-bond acceptors (Lipinski definition) is 4. The van der Waals surface area contributed by atoms with Crippen molar-refractivity contribution in [1.29, 1.82) is 0 Å². The van der Waals surface area contributed by atoms with E-state index in [0.717, 1.165) is 103 Å². The quantitative estimate of drug-likeness (QED) is 0.175. The fourth-order valence-corrected chi connectivity index (χ4v) is 6.80. The first kappa shape index (κ1) is 33.1. The molecule has 5 rings (SSSR count). The Kier molecular flexibility index (Phi) is 10.1. The number of fused-ring (bicyclic) bond motifs is 8. The van der Waals surface area contributed by atoms with Crippen LogP contribution >= 0.6 is 0 Å². The zero-order valence-electron chi connectivity index (χ0n) is 28.5. The third-order valence-electron chi connectivity index (χ3n) is 9.55. The first-order valence-corrected chi connectivity index (χ1v) is 16.7. The lowest BCUT2D eigenvalue weighted by Crippen LogP contribution is -2.02. The van der Waals surface area contributed by atoms with Crippen LogP contribution in [-0.4, -0.2) is 37.6 Å². The van der Waals surface area contributed by atoms with Crippen molar-refractivity contribution < 1.29 is 14.6 Å². The second-order valence-corrected chi connectivity index (χ2v) is 12.6. The second kappa shape index (κ2) is 14.0. The highest BCUT2D eigenvalue weighted by Gasteiger charge is 2.22. The Balaban J connectivity index is 1.82. The third kappa shape index (κ3) is 6.52. The Bertz CT molecular complexity index is 1900. The van der Waals surface area contributed by atoms with Crippen molar-refractivity contribution in [2.45, 2.75) is 99.5 Å². The van der Waals surface area contributed by atoms with Crippen molar-refractivity contribution >= 4 is 56.4 Å². The van der Waals surface area contributed by atoms with Gasteiger partial charge in [0.2, 0.25) is 0 Å². The van der Waals surface area contributed by atoms with E-state index in [1.165, 1.54) is 24.8 Å². The predicted octanol–water partition coefficient (Wildman–Crippen LogP) is 10.4. The number of rotatable bonds is 12. The molecule has 0 aromatic carbocycles. The van der Waals surface area contributed by atoms with Crippen LogP contribution in [0.5, 0.6) is 0 Å². The topological polar surface area (TPSA) is 104 Å². The van der Waals surface area contributed by atoms with E-state index < -0.39 is 5.97 Å². The summed E-state index contributed by atoms with van der Waals surface area (Å²) in [5.74, 6) is -0.825. The molecule has 0 fully saturated rings. The van der Waals surface area contributed by atoms with Crippen molar-refractivity contribution in [1.82, 2.24) is 19.9 Å². The lowest BCUT2D eigenvalue weighted by molar-refractivity contribution is -0.136. The van der Waals surface area contributed by atoms with Crippen LogP contribution in [0.2, 0.25) is 0 Å². The predicted molar refractivity (Wildman–Crippen MR) is 191 cm³/mol. The zero-order valence-corrected chi connectivity index (χ0v) is 28.5. The molecular weight excluding hydrogens is 572 g/mol. The number of aromatic nitrogens is 4. The van der Waals surface area contributed by atoms with E-state index in [1.54, 1.807) is 0 Å². The minimum atomic E-state index is -0.825. The summed E-state index contributed by atoms with van der Waals surface area (Å²) in [6, 6.07) is 8.43. The Hall–Kier alpha value is -4.23. The molecule has 7 nitrogen and oxygen atoms in total. The summed E-state index contributed by atoms with van der Waals surface area (Å²) < 4.78 is 6.43. The second-order valence-electron chi connectivity index (χ2n) is 12.6. The van der Waals surface area contributed by atoms with Crippen molar-refractivity contribution in [2.75, 3.05) is 6.61 Å². The minimum Gasteiger partial charge on any atom is -0.481 e. The van der Waals surface area contributed by atoms with Crippen molar-refractivity contribution in [2.24, 2.45) is 0 Å². The number of aromatic amines is 2. The van der Waals surface area contributed by atoms with Crippen LogP contribution in [0.4, 0.5) is 0 Å². The van der Waals surface area contributed by atoms with Gasteiger partial charge in [0.25, 0.3) is 0 Å². The molecular formula is C39H48N4O3. The third-order valence-corrected chi connectivity index (χ3v) is 9.55. The highest BCUT2D eigenvalue weighted by atomic mass is 16.5. The first-order valence-electron chi connectivity index (χ1n) is 16.7. The van der Waals surface area contributed by atoms with Crippen molar-refractivity contribution in [3.8, 4) is 0 Å². The van der Waals surface area contributed by atoms with E-state index in [9.17, 15) is 9.90 Å². The van der Waals surface area contributed by atoms with Crippen molar-refractivity contribution in [3.05, 3.63) is 75.9 Å². The lowest BCUT2D eigenvalue weighted by Gasteiger charge is -2.14. The molecule has 8 bridgehead atoms.